The van der Waals surface area contributed by atoms with Gasteiger partial charge in [-0.15, -0.1) is 13.2 Å². The summed E-state index contributed by atoms with van der Waals surface area (Å²) in [6.45, 7) is 17.8. The van der Waals surface area contributed by atoms with E-state index in [-0.39, 0.29) is 24.6 Å². The lowest BCUT2D eigenvalue weighted by Gasteiger charge is -1.89. The zero-order valence-corrected chi connectivity index (χ0v) is 12.5. The number of aliphatic hydroxyl groups excluding tert-OH is 1. The molecule has 0 aromatic carbocycles. The van der Waals surface area contributed by atoms with E-state index in [1.807, 2.05) is 0 Å². The Morgan fingerprint density at radius 1 is 1.00 bits per heavy atom. The van der Waals surface area contributed by atoms with Crippen LogP contribution >= 0.6 is 0 Å². The van der Waals surface area contributed by atoms with E-state index in [0.29, 0.717) is 0 Å². The van der Waals surface area contributed by atoms with E-state index in [9.17, 15) is 14.4 Å². The second-order valence-electron chi connectivity index (χ2n) is 2.46. The second kappa shape index (κ2) is 26.0. The fourth-order valence-electron chi connectivity index (χ4n) is 0.385. The van der Waals surface area contributed by atoms with Gasteiger partial charge in [-0.3, -0.25) is 14.4 Å². The van der Waals surface area contributed by atoms with Gasteiger partial charge in [0.15, 0.2) is 0 Å². The molecule has 0 fully saturated rings. The average molecular weight is 301 g/mol. The Labute approximate surface area is 125 Å². The third-order valence-corrected chi connectivity index (χ3v) is 0.937. The highest BCUT2D eigenvalue weighted by Gasteiger charge is 1.84. The first kappa shape index (κ1) is 26.8. The Bertz CT molecular complexity index is 305. The summed E-state index contributed by atoms with van der Waals surface area (Å²) >= 11 is 0. The van der Waals surface area contributed by atoms with Gasteiger partial charge in [0.2, 0.25) is 5.91 Å². The standard InChI is InChI=1S/C4H7NO2.2C4H6O2.C2H4/c1-2-4(7)5-3-6;2*1-3-6-4(2)5;1-2/h2,6H,1,3H2,(H,5,7);2*3H,1H2,2H3;1-2H2. The molecule has 0 saturated heterocycles. The molecular formula is C14H23NO6. The van der Waals surface area contributed by atoms with Gasteiger partial charge in [0.25, 0.3) is 0 Å². The van der Waals surface area contributed by atoms with Crippen LogP contribution in [0.2, 0.25) is 0 Å². The van der Waals surface area contributed by atoms with E-state index in [1.165, 1.54) is 13.8 Å². The molecule has 0 aromatic rings. The third kappa shape index (κ3) is 58.7. The first-order valence-corrected chi connectivity index (χ1v) is 5.43. The highest BCUT2D eigenvalue weighted by molar-refractivity contribution is 5.86. The van der Waals surface area contributed by atoms with Crippen molar-refractivity contribution in [2.24, 2.45) is 0 Å². The zero-order chi connectivity index (χ0) is 17.7. The number of hydrogen-bond acceptors (Lipinski definition) is 6. The molecule has 2 N–H and O–H groups in total. The molecule has 0 unspecified atom stereocenters. The van der Waals surface area contributed by atoms with Crippen molar-refractivity contribution in [1.82, 2.24) is 5.32 Å². The molecule has 0 spiro atoms. The molecule has 1 amide bonds. The number of amides is 1. The van der Waals surface area contributed by atoms with Gasteiger partial charge < -0.3 is 19.9 Å². The Balaban J connectivity index is -0.0000000976. The van der Waals surface area contributed by atoms with E-state index >= 15 is 0 Å². The van der Waals surface area contributed by atoms with Crippen LogP contribution < -0.4 is 5.32 Å². The van der Waals surface area contributed by atoms with Gasteiger partial charge in [-0.25, -0.2) is 0 Å². The SMILES string of the molecule is C=C.C=CC(=O)NCO.C=COC(C)=O.C=COC(C)=O. The maximum Gasteiger partial charge on any atom is 0.307 e. The fourth-order valence-corrected chi connectivity index (χ4v) is 0.385. The summed E-state index contributed by atoms with van der Waals surface area (Å²) in [5.74, 6) is -1.02. The summed E-state index contributed by atoms with van der Waals surface area (Å²) in [5, 5.41) is 10.1. The van der Waals surface area contributed by atoms with Crippen LogP contribution in [0.3, 0.4) is 0 Å². The quantitative estimate of drug-likeness (QED) is 0.268. The molecule has 0 atom stereocenters. The number of carbonyl (C=O) groups excluding carboxylic acids is 3. The Morgan fingerprint density at radius 3 is 1.38 bits per heavy atom. The maximum absolute atomic E-state index is 10.0. The predicted octanol–water partition coefficient (Wildman–Crippen LogP) is 1.43. The van der Waals surface area contributed by atoms with Gasteiger partial charge in [-0.2, -0.15) is 0 Å². The number of rotatable bonds is 4. The third-order valence-electron chi connectivity index (χ3n) is 0.937. The van der Waals surface area contributed by atoms with Crippen molar-refractivity contribution in [2.45, 2.75) is 13.8 Å². The average Bonchev–Trinajstić information content (AvgIpc) is 2.42. The molecule has 0 aliphatic heterocycles. The second-order valence-corrected chi connectivity index (χ2v) is 2.46. The van der Waals surface area contributed by atoms with Gasteiger partial charge in [0.1, 0.15) is 6.73 Å². The summed E-state index contributed by atoms with van der Waals surface area (Å²) in [6, 6.07) is 0. The molecule has 21 heavy (non-hydrogen) atoms. The van der Waals surface area contributed by atoms with Crippen LogP contribution in [-0.2, 0) is 23.9 Å². The van der Waals surface area contributed by atoms with E-state index < -0.39 is 0 Å². The molecule has 0 rings (SSSR count). The minimum Gasteiger partial charge on any atom is -0.435 e. The van der Waals surface area contributed by atoms with Crippen molar-refractivity contribution < 1.29 is 29.0 Å². The highest BCUT2D eigenvalue weighted by atomic mass is 16.5. The molecule has 0 aliphatic rings. The Hall–Kier alpha value is -2.67. The Kier molecular flexibility index (Phi) is 33.2. The van der Waals surface area contributed by atoms with Crippen molar-refractivity contribution in [1.29, 1.82) is 0 Å². The smallest absolute Gasteiger partial charge is 0.307 e. The van der Waals surface area contributed by atoms with Crippen LogP contribution in [0.25, 0.3) is 0 Å². The molecule has 0 saturated carbocycles. The van der Waals surface area contributed by atoms with E-state index in [2.05, 4.69) is 47.7 Å². The molecule has 7 heteroatoms. The molecule has 0 radical (unpaired) electrons. The number of hydrogen-bond donors (Lipinski definition) is 2. The lowest BCUT2D eigenvalue weighted by atomic mass is 10.6. The monoisotopic (exact) mass is 301 g/mol. The van der Waals surface area contributed by atoms with Crippen molar-refractivity contribution >= 4 is 17.8 Å². The molecule has 120 valence electrons. The van der Waals surface area contributed by atoms with E-state index in [1.54, 1.807) is 0 Å². The van der Waals surface area contributed by atoms with Crippen molar-refractivity contribution in [3.8, 4) is 0 Å². The largest absolute Gasteiger partial charge is 0.435 e. The summed E-state index contributed by atoms with van der Waals surface area (Å²) in [7, 11) is 0. The van der Waals surface area contributed by atoms with Gasteiger partial charge >= 0.3 is 11.9 Å². The molecule has 0 aliphatic carbocycles. The maximum atomic E-state index is 10.0. The molecule has 0 heterocycles. The van der Waals surface area contributed by atoms with Gasteiger partial charge in [-0.05, 0) is 6.08 Å². The number of nitrogens with one attached hydrogen (secondary N) is 1. The lowest BCUT2D eigenvalue weighted by molar-refractivity contribution is -0.136. The summed E-state index contributed by atoms with van der Waals surface area (Å²) in [4.78, 5) is 29.5. The fraction of sp³-hybridized carbons (Fsp3) is 0.214. The normalized spacial score (nSPS) is 6.62. The Morgan fingerprint density at radius 2 is 1.33 bits per heavy atom. The predicted molar refractivity (Wildman–Crippen MR) is 80.6 cm³/mol. The topological polar surface area (TPSA) is 102 Å². The summed E-state index contributed by atoms with van der Waals surface area (Å²) in [6.07, 6.45) is 3.29. The van der Waals surface area contributed by atoms with Crippen molar-refractivity contribution in [3.05, 3.63) is 51.5 Å². The van der Waals surface area contributed by atoms with Crippen LogP contribution in [-0.4, -0.2) is 29.7 Å². The van der Waals surface area contributed by atoms with Gasteiger partial charge in [-0.1, -0.05) is 19.7 Å². The summed E-state index contributed by atoms with van der Waals surface area (Å²) in [5.41, 5.74) is 0. The number of ether oxygens (including phenoxy) is 2. The number of esters is 2. The van der Waals surface area contributed by atoms with Crippen LogP contribution in [0.4, 0.5) is 0 Å². The first-order valence-electron chi connectivity index (χ1n) is 5.43. The highest BCUT2D eigenvalue weighted by Crippen LogP contribution is 1.70. The van der Waals surface area contributed by atoms with Crippen LogP contribution in [0.15, 0.2) is 51.5 Å². The minimum atomic E-state index is -0.359. The molecule has 0 bridgehead atoms. The minimum absolute atomic E-state index is 0.329. The summed E-state index contributed by atoms with van der Waals surface area (Å²) < 4.78 is 8.33. The van der Waals surface area contributed by atoms with Crippen LogP contribution in [0, 0.1) is 0 Å². The lowest BCUT2D eigenvalue weighted by Crippen LogP contribution is -2.20. The molecule has 0 aromatic heterocycles. The van der Waals surface area contributed by atoms with Crippen LogP contribution in [0.1, 0.15) is 13.8 Å². The van der Waals surface area contributed by atoms with E-state index in [4.69, 9.17) is 5.11 Å². The van der Waals surface area contributed by atoms with Crippen molar-refractivity contribution in [3.63, 3.8) is 0 Å². The molecular weight excluding hydrogens is 278 g/mol. The van der Waals surface area contributed by atoms with Crippen LogP contribution in [0.5, 0.6) is 0 Å². The number of aliphatic hydroxyl groups is 1. The molecule has 7 nitrogen and oxygen atoms in total. The first-order chi connectivity index (χ1) is 9.85. The van der Waals surface area contributed by atoms with Gasteiger partial charge in [0.05, 0.1) is 12.5 Å². The van der Waals surface area contributed by atoms with Crippen molar-refractivity contribution in [2.75, 3.05) is 6.73 Å². The number of carbonyl (C=O) groups is 3. The van der Waals surface area contributed by atoms with E-state index in [0.717, 1.165) is 18.6 Å². The zero-order valence-electron chi connectivity index (χ0n) is 12.5. The van der Waals surface area contributed by atoms with Gasteiger partial charge in [0, 0.05) is 13.8 Å².